The molecule has 0 bridgehead atoms. The van der Waals surface area contributed by atoms with E-state index in [9.17, 15) is 0 Å². The molecule has 0 aliphatic carbocycles. The van der Waals surface area contributed by atoms with Gasteiger partial charge in [-0.05, 0) is 29.3 Å². The van der Waals surface area contributed by atoms with Gasteiger partial charge in [0.25, 0.3) is 0 Å². The fourth-order valence-corrected chi connectivity index (χ4v) is 3.82. The van der Waals surface area contributed by atoms with Crippen molar-refractivity contribution in [2.45, 2.75) is 19.3 Å². The fraction of sp³-hybridized carbons (Fsp3) is 0.273. The van der Waals surface area contributed by atoms with E-state index < -0.39 is 0 Å². The molecule has 2 heterocycles. The minimum atomic E-state index is 0.366. The number of hydrogen-bond acceptors (Lipinski definition) is 4. The SMILES string of the molecule is CCC(c1sccc1N)c1sccc1N. The number of thiophene rings is 2. The average Bonchev–Trinajstić information content (AvgIpc) is 2.80. The molecule has 2 aromatic heterocycles. The molecule has 0 aromatic carbocycles. The lowest BCUT2D eigenvalue weighted by atomic mass is 10.0. The van der Waals surface area contributed by atoms with E-state index in [-0.39, 0.29) is 0 Å². The molecule has 0 aliphatic rings. The maximum Gasteiger partial charge on any atom is 0.0462 e. The summed E-state index contributed by atoms with van der Waals surface area (Å²) >= 11 is 3.43. The van der Waals surface area contributed by atoms with E-state index in [1.807, 2.05) is 22.9 Å². The van der Waals surface area contributed by atoms with E-state index in [4.69, 9.17) is 11.5 Å². The number of anilines is 2. The smallest absolute Gasteiger partial charge is 0.0462 e. The summed E-state index contributed by atoms with van der Waals surface area (Å²) in [4.78, 5) is 2.48. The van der Waals surface area contributed by atoms with Gasteiger partial charge in [-0.2, -0.15) is 0 Å². The molecule has 0 saturated carbocycles. The summed E-state index contributed by atoms with van der Waals surface area (Å²) in [7, 11) is 0. The third kappa shape index (κ3) is 1.87. The summed E-state index contributed by atoms with van der Waals surface area (Å²) in [5.74, 6) is 0.366. The van der Waals surface area contributed by atoms with Crippen LogP contribution in [0, 0.1) is 0 Å². The summed E-state index contributed by atoms with van der Waals surface area (Å²) in [5.41, 5.74) is 13.7. The van der Waals surface area contributed by atoms with Crippen molar-refractivity contribution in [3.63, 3.8) is 0 Å². The van der Waals surface area contributed by atoms with Crippen LogP contribution in [0.1, 0.15) is 29.0 Å². The number of rotatable bonds is 3. The Morgan fingerprint density at radius 2 is 1.53 bits per heavy atom. The van der Waals surface area contributed by atoms with Crippen LogP contribution in [-0.2, 0) is 0 Å². The summed E-state index contributed by atoms with van der Waals surface area (Å²) in [6.45, 7) is 2.17. The van der Waals surface area contributed by atoms with Crippen molar-refractivity contribution < 1.29 is 0 Å². The van der Waals surface area contributed by atoms with Gasteiger partial charge in [-0.3, -0.25) is 0 Å². The Morgan fingerprint density at radius 3 is 1.80 bits per heavy atom. The Balaban J connectivity index is 2.41. The molecule has 2 aromatic rings. The molecule has 0 fully saturated rings. The van der Waals surface area contributed by atoms with Crippen LogP contribution in [-0.4, -0.2) is 0 Å². The van der Waals surface area contributed by atoms with Gasteiger partial charge in [-0.25, -0.2) is 0 Å². The van der Waals surface area contributed by atoms with Crippen molar-refractivity contribution in [2.75, 3.05) is 11.5 Å². The van der Waals surface area contributed by atoms with Crippen LogP contribution in [0.5, 0.6) is 0 Å². The molecular weight excluding hydrogens is 224 g/mol. The van der Waals surface area contributed by atoms with Crippen LogP contribution in [0.3, 0.4) is 0 Å². The molecule has 0 unspecified atom stereocenters. The second kappa shape index (κ2) is 4.24. The molecule has 0 radical (unpaired) electrons. The van der Waals surface area contributed by atoms with E-state index in [0.29, 0.717) is 5.92 Å². The highest BCUT2D eigenvalue weighted by molar-refractivity contribution is 7.12. The van der Waals surface area contributed by atoms with Crippen LogP contribution in [0.2, 0.25) is 0 Å². The first-order valence-electron chi connectivity index (χ1n) is 4.89. The zero-order valence-electron chi connectivity index (χ0n) is 8.57. The molecule has 0 atom stereocenters. The van der Waals surface area contributed by atoms with Crippen molar-refractivity contribution >= 4 is 34.0 Å². The van der Waals surface area contributed by atoms with Crippen LogP contribution >= 0.6 is 22.7 Å². The first-order valence-corrected chi connectivity index (χ1v) is 6.65. The third-order valence-corrected chi connectivity index (χ3v) is 4.59. The topological polar surface area (TPSA) is 52.0 Å². The predicted octanol–water partition coefficient (Wildman–Crippen LogP) is 3.52. The molecule has 4 heteroatoms. The quantitative estimate of drug-likeness (QED) is 0.859. The Morgan fingerprint density at radius 1 is 1.07 bits per heavy atom. The van der Waals surface area contributed by atoms with Gasteiger partial charge in [0.2, 0.25) is 0 Å². The second-order valence-corrected chi connectivity index (χ2v) is 5.34. The van der Waals surface area contributed by atoms with E-state index in [1.54, 1.807) is 22.7 Å². The number of hydrogen-bond donors (Lipinski definition) is 2. The number of nitrogen functional groups attached to an aromatic ring is 2. The largest absolute Gasteiger partial charge is 0.398 e. The molecule has 0 amide bonds. The molecule has 2 rings (SSSR count). The van der Waals surface area contributed by atoms with Gasteiger partial charge in [0.15, 0.2) is 0 Å². The molecule has 4 N–H and O–H groups in total. The first-order chi connectivity index (χ1) is 7.24. The van der Waals surface area contributed by atoms with Crippen molar-refractivity contribution in [3.05, 3.63) is 32.6 Å². The van der Waals surface area contributed by atoms with Crippen LogP contribution < -0.4 is 11.5 Å². The van der Waals surface area contributed by atoms with Crippen LogP contribution in [0.15, 0.2) is 22.9 Å². The van der Waals surface area contributed by atoms with Gasteiger partial charge in [0, 0.05) is 27.0 Å². The minimum Gasteiger partial charge on any atom is -0.398 e. The van der Waals surface area contributed by atoms with Gasteiger partial charge in [0.05, 0.1) is 0 Å². The zero-order chi connectivity index (χ0) is 10.8. The Labute approximate surface area is 97.5 Å². The lowest BCUT2D eigenvalue weighted by molar-refractivity contribution is 0.812. The van der Waals surface area contributed by atoms with E-state index in [1.165, 1.54) is 9.75 Å². The lowest BCUT2D eigenvalue weighted by Crippen LogP contribution is -2.01. The van der Waals surface area contributed by atoms with Gasteiger partial charge in [0.1, 0.15) is 0 Å². The first kappa shape index (κ1) is 10.5. The highest BCUT2D eigenvalue weighted by atomic mass is 32.1. The molecule has 0 spiro atoms. The summed E-state index contributed by atoms with van der Waals surface area (Å²) in [6.07, 6.45) is 1.04. The van der Waals surface area contributed by atoms with Gasteiger partial charge >= 0.3 is 0 Å². The second-order valence-electron chi connectivity index (χ2n) is 3.44. The summed E-state index contributed by atoms with van der Waals surface area (Å²) in [6, 6.07) is 3.93. The maximum absolute atomic E-state index is 5.95. The van der Waals surface area contributed by atoms with Crippen molar-refractivity contribution in [1.82, 2.24) is 0 Å². The lowest BCUT2D eigenvalue weighted by Gasteiger charge is -2.13. The van der Waals surface area contributed by atoms with Crippen molar-refractivity contribution in [3.8, 4) is 0 Å². The molecule has 0 aliphatic heterocycles. The molecule has 2 nitrogen and oxygen atoms in total. The summed E-state index contributed by atoms with van der Waals surface area (Å²) in [5, 5.41) is 4.08. The van der Waals surface area contributed by atoms with E-state index >= 15 is 0 Å². The van der Waals surface area contributed by atoms with Gasteiger partial charge in [-0.15, -0.1) is 22.7 Å². The van der Waals surface area contributed by atoms with E-state index in [0.717, 1.165) is 17.8 Å². The standard InChI is InChI=1S/C11H14N2S2/c1-2-7(10-8(12)3-5-14-10)11-9(13)4-6-15-11/h3-7H,2,12-13H2,1H3. The van der Waals surface area contributed by atoms with Gasteiger partial charge in [-0.1, -0.05) is 6.92 Å². The monoisotopic (exact) mass is 238 g/mol. The zero-order valence-corrected chi connectivity index (χ0v) is 10.2. The van der Waals surface area contributed by atoms with Crippen LogP contribution in [0.4, 0.5) is 11.4 Å². The molecule has 0 saturated heterocycles. The summed E-state index contributed by atoms with van der Waals surface area (Å²) < 4.78 is 0. The van der Waals surface area contributed by atoms with Gasteiger partial charge < -0.3 is 11.5 Å². The normalized spacial score (nSPS) is 11.1. The average molecular weight is 238 g/mol. The Hall–Kier alpha value is -1.00. The fourth-order valence-electron chi connectivity index (χ4n) is 1.72. The highest BCUT2D eigenvalue weighted by Crippen LogP contribution is 2.40. The minimum absolute atomic E-state index is 0.366. The highest BCUT2D eigenvalue weighted by Gasteiger charge is 2.19. The van der Waals surface area contributed by atoms with E-state index in [2.05, 4.69) is 6.92 Å². The van der Waals surface area contributed by atoms with Crippen molar-refractivity contribution in [2.24, 2.45) is 0 Å². The predicted molar refractivity (Wildman–Crippen MR) is 69.6 cm³/mol. The molecular formula is C11H14N2S2. The van der Waals surface area contributed by atoms with Crippen LogP contribution in [0.25, 0.3) is 0 Å². The molecule has 15 heavy (non-hydrogen) atoms. The van der Waals surface area contributed by atoms with Crippen molar-refractivity contribution in [1.29, 1.82) is 0 Å². The number of nitrogens with two attached hydrogens (primary N) is 2. The Bertz CT molecular complexity index is 405. The molecule has 80 valence electrons. The Kier molecular flexibility index (Phi) is 2.98. The third-order valence-electron chi connectivity index (χ3n) is 2.50. The maximum atomic E-state index is 5.95.